The molecule has 3 aromatic rings. The Bertz CT molecular complexity index is 1660. The summed E-state index contributed by atoms with van der Waals surface area (Å²) in [6.45, 7) is 3.58. The molecule has 1 aliphatic carbocycles. The Balaban J connectivity index is 0.00000484. The van der Waals surface area contributed by atoms with Gasteiger partial charge in [-0.1, -0.05) is 43.1 Å². The fraction of sp³-hybridized carbons (Fsp3) is 0.333. The number of amides is 2. The standard InChI is InChI=1S/C27H32N6O6S2.Na/c1-3-24(34)33-41(38,39)23-9-5-8-21(15-23)31-27-29-16-18(2)26(32-27)30-20-7-4-6-19(14-20)17-28-25(35)12-13-40(36,37)22-10-11-22;/h4-9,14-16,22H,3,10-13,17H2,1-2H3,(H4,28,29,30,31,32,33,34,35);/q;+1/p-1. The van der Waals surface area contributed by atoms with Gasteiger partial charge in [0.1, 0.15) is 5.95 Å². The number of sulfone groups is 1. The molecule has 12 nitrogen and oxygen atoms in total. The fourth-order valence-corrected chi connectivity index (χ4v) is 6.49. The number of nitrogens with one attached hydrogen (secondary N) is 3. The van der Waals surface area contributed by atoms with Gasteiger partial charge in [0.15, 0.2) is 9.84 Å². The SMILES string of the molecule is CCC(=O)NS(=O)(=O)c1cccc(Nc2ncc(C)c([N-]c3cccc(CNC(=O)CCS(=O)(=O)C4CC4)c3)n2)c1.[Na+]. The molecule has 0 spiro atoms. The van der Waals surface area contributed by atoms with Crippen molar-refractivity contribution in [2.75, 3.05) is 11.1 Å². The molecule has 0 bridgehead atoms. The largest absolute Gasteiger partial charge is 1.00 e. The minimum atomic E-state index is -4.02. The minimum absolute atomic E-state index is 0. The van der Waals surface area contributed by atoms with Crippen molar-refractivity contribution in [1.82, 2.24) is 20.0 Å². The smallest absolute Gasteiger partial charge is 0.436 e. The van der Waals surface area contributed by atoms with Crippen LogP contribution in [0.2, 0.25) is 0 Å². The Morgan fingerprint density at radius 2 is 1.76 bits per heavy atom. The second kappa shape index (κ2) is 14.4. The first-order chi connectivity index (χ1) is 19.4. The van der Waals surface area contributed by atoms with Crippen molar-refractivity contribution in [1.29, 1.82) is 0 Å². The Morgan fingerprint density at radius 1 is 1.02 bits per heavy atom. The molecule has 2 amide bonds. The topological polar surface area (TPSA) is 178 Å². The third-order valence-corrected chi connectivity index (χ3v) is 9.83. The van der Waals surface area contributed by atoms with E-state index in [4.69, 9.17) is 0 Å². The van der Waals surface area contributed by atoms with Gasteiger partial charge < -0.3 is 20.9 Å². The number of hydrogen-bond acceptors (Lipinski definition) is 9. The van der Waals surface area contributed by atoms with E-state index in [1.807, 2.05) is 10.8 Å². The van der Waals surface area contributed by atoms with Crippen LogP contribution in [-0.4, -0.2) is 49.6 Å². The van der Waals surface area contributed by atoms with Crippen molar-refractivity contribution < 1.29 is 56.0 Å². The van der Waals surface area contributed by atoms with E-state index in [-0.39, 0.29) is 76.7 Å². The van der Waals surface area contributed by atoms with Gasteiger partial charge in [-0.3, -0.25) is 9.59 Å². The summed E-state index contributed by atoms with van der Waals surface area (Å²) in [5.41, 5.74) is 2.46. The monoisotopic (exact) mass is 622 g/mol. The number of sulfonamides is 1. The molecular formula is C27H31N6NaO6S2. The Morgan fingerprint density at radius 3 is 2.48 bits per heavy atom. The zero-order chi connectivity index (χ0) is 29.6. The molecule has 0 radical (unpaired) electrons. The van der Waals surface area contributed by atoms with Crippen LogP contribution in [0.25, 0.3) is 5.32 Å². The van der Waals surface area contributed by atoms with Crippen molar-refractivity contribution in [2.24, 2.45) is 0 Å². The molecule has 1 saturated carbocycles. The van der Waals surface area contributed by atoms with Gasteiger partial charge in [-0.2, -0.15) is 0 Å². The summed E-state index contributed by atoms with van der Waals surface area (Å²) in [6, 6.07) is 13.1. The van der Waals surface area contributed by atoms with Crippen LogP contribution in [0.3, 0.4) is 0 Å². The van der Waals surface area contributed by atoms with E-state index in [1.54, 1.807) is 44.3 Å². The number of rotatable bonds is 13. The second-order valence-corrected chi connectivity index (χ2v) is 13.7. The summed E-state index contributed by atoms with van der Waals surface area (Å²) >= 11 is 0. The molecule has 0 unspecified atom stereocenters. The third-order valence-electron chi connectivity index (χ3n) is 6.20. The van der Waals surface area contributed by atoms with E-state index in [1.165, 1.54) is 18.2 Å². The fourth-order valence-electron chi connectivity index (χ4n) is 3.73. The summed E-state index contributed by atoms with van der Waals surface area (Å²) < 4.78 is 50.9. The molecule has 0 saturated heterocycles. The van der Waals surface area contributed by atoms with Crippen molar-refractivity contribution in [3.05, 3.63) is 71.2 Å². The van der Waals surface area contributed by atoms with Crippen LogP contribution in [0.4, 0.5) is 23.1 Å². The Hall–Kier alpha value is -3.04. The number of hydrogen-bond donors (Lipinski definition) is 3. The maximum atomic E-state index is 12.5. The molecule has 0 atom stereocenters. The molecule has 1 heterocycles. The number of nitrogens with zero attached hydrogens (tertiary/aromatic N) is 3. The Kier molecular flexibility index (Phi) is 11.5. The van der Waals surface area contributed by atoms with E-state index in [0.717, 1.165) is 5.56 Å². The Labute approximate surface area is 267 Å². The van der Waals surface area contributed by atoms with Crippen LogP contribution in [0.5, 0.6) is 0 Å². The predicted octanol–water partition coefficient (Wildman–Crippen LogP) is 0.668. The molecule has 15 heteroatoms. The number of aryl methyl sites for hydroxylation is 1. The van der Waals surface area contributed by atoms with E-state index < -0.39 is 25.8 Å². The van der Waals surface area contributed by atoms with Gasteiger partial charge >= 0.3 is 29.6 Å². The van der Waals surface area contributed by atoms with Gasteiger partial charge in [0.2, 0.25) is 11.8 Å². The third kappa shape index (κ3) is 9.49. The summed E-state index contributed by atoms with van der Waals surface area (Å²) in [4.78, 5) is 32.4. The van der Waals surface area contributed by atoms with Gasteiger partial charge in [0, 0.05) is 31.3 Å². The van der Waals surface area contributed by atoms with E-state index in [0.29, 0.717) is 35.6 Å². The molecule has 0 aliphatic heterocycles. The molecule has 2 aromatic carbocycles. The van der Waals surface area contributed by atoms with E-state index in [2.05, 4.69) is 25.9 Å². The zero-order valence-electron chi connectivity index (χ0n) is 23.6. The zero-order valence-corrected chi connectivity index (χ0v) is 27.3. The molecular weight excluding hydrogens is 591 g/mol. The number of aromatic nitrogens is 2. The molecule has 4 rings (SSSR count). The number of anilines is 2. The van der Waals surface area contributed by atoms with Gasteiger partial charge in [0.05, 0.1) is 15.9 Å². The minimum Gasteiger partial charge on any atom is -0.436 e. The van der Waals surface area contributed by atoms with Crippen LogP contribution in [0, 0.1) is 6.92 Å². The first kappa shape index (κ1) is 33.5. The van der Waals surface area contributed by atoms with E-state index in [9.17, 15) is 26.4 Å². The molecule has 1 aliphatic rings. The summed E-state index contributed by atoms with van der Waals surface area (Å²) in [5.74, 6) is -0.512. The average molecular weight is 623 g/mol. The summed E-state index contributed by atoms with van der Waals surface area (Å²) in [7, 11) is -7.20. The van der Waals surface area contributed by atoms with Gasteiger partial charge in [-0.15, -0.1) is 0 Å². The summed E-state index contributed by atoms with van der Waals surface area (Å²) in [6.07, 6.45) is 2.91. The van der Waals surface area contributed by atoms with Gasteiger partial charge in [-0.25, -0.2) is 26.5 Å². The molecule has 3 N–H and O–H groups in total. The number of carbonyl (C=O) groups is 2. The summed E-state index contributed by atoms with van der Waals surface area (Å²) in [5, 5.41) is 10.0. The maximum absolute atomic E-state index is 12.5. The van der Waals surface area contributed by atoms with Crippen LogP contribution in [-0.2, 0) is 36.0 Å². The first-order valence-electron chi connectivity index (χ1n) is 13.0. The van der Waals surface area contributed by atoms with Gasteiger partial charge in [-0.05, 0) is 54.8 Å². The maximum Gasteiger partial charge on any atom is 1.00 e. The quantitative estimate of drug-likeness (QED) is 0.231. The molecule has 1 fully saturated rings. The number of benzene rings is 2. The van der Waals surface area contributed by atoms with E-state index >= 15 is 0 Å². The van der Waals surface area contributed by atoms with Crippen molar-refractivity contribution in [3.63, 3.8) is 0 Å². The molecule has 218 valence electrons. The first-order valence-corrected chi connectivity index (χ1v) is 16.2. The van der Waals surface area contributed by atoms with Crippen LogP contribution < -0.4 is 44.9 Å². The normalized spacial score (nSPS) is 13.0. The molecule has 42 heavy (non-hydrogen) atoms. The van der Waals surface area contributed by atoms with Crippen molar-refractivity contribution in [2.45, 2.75) is 56.2 Å². The second-order valence-electron chi connectivity index (χ2n) is 9.61. The van der Waals surface area contributed by atoms with Crippen LogP contribution >= 0.6 is 0 Å². The predicted molar refractivity (Wildman–Crippen MR) is 155 cm³/mol. The van der Waals surface area contributed by atoms with Crippen LogP contribution in [0.1, 0.15) is 43.7 Å². The average Bonchev–Trinajstić information content (AvgIpc) is 3.79. The molecule has 1 aromatic heterocycles. The van der Waals surface area contributed by atoms with Crippen LogP contribution in [0.15, 0.2) is 59.6 Å². The van der Waals surface area contributed by atoms with Crippen molar-refractivity contribution in [3.8, 4) is 0 Å². The van der Waals surface area contributed by atoms with Gasteiger partial charge in [0.25, 0.3) is 10.0 Å². The number of carbonyl (C=O) groups excluding carboxylic acids is 2. The van der Waals surface area contributed by atoms with Crippen molar-refractivity contribution >= 4 is 54.8 Å².